The van der Waals surface area contributed by atoms with Gasteiger partial charge in [0.05, 0.1) is 11.0 Å². The molecule has 0 aliphatic carbocycles. The van der Waals surface area contributed by atoms with Crippen molar-refractivity contribution in [1.29, 1.82) is 0 Å². The van der Waals surface area contributed by atoms with E-state index in [0.29, 0.717) is 5.92 Å². The normalized spacial score (nSPS) is 12.6. The van der Waals surface area contributed by atoms with Crippen molar-refractivity contribution in [3.63, 3.8) is 0 Å². The number of hydrogen-bond donors (Lipinski definition) is 0. The Balaban J connectivity index is 1.71. The van der Waals surface area contributed by atoms with Gasteiger partial charge in [-0.15, -0.1) is 0 Å². The highest BCUT2D eigenvalue weighted by Gasteiger charge is 2.18. The van der Waals surface area contributed by atoms with Crippen molar-refractivity contribution in [3.8, 4) is 0 Å². The maximum atomic E-state index is 6.08. The average Bonchev–Trinajstić information content (AvgIpc) is 3.08. The standard InChI is InChI=1S/C26H27ClN2/c1-18(2)16-20-8-12-22(13-9-20)19(3)26-28-24-6-4-5-7-25(24)29(26)17-21-10-14-23(27)15-11-21/h4-15,18-19H,16-17H2,1-3H3/t19-/m1/s1. The minimum atomic E-state index is 0.211. The summed E-state index contributed by atoms with van der Waals surface area (Å²) in [6, 6.07) is 25.5. The third-order valence-corrected chi connectivity index (χ3v) is 5.70. The first-order valence-electron chi connectivity index (χ1n) is 10.3. The summed E-state index contributed by atoms with van der Waals surface area (Å²) in [5.74, 6) is 1.97. The van der Waals surface area contributed by atoms with Crippen molar-refractivity contribution < 1.29 is 0 Å². The van der Waals surface area contributed by atoms with Crippen molar-refractivity contribution in [2.24, 2.45) is 5.92 Å². The lowest BCUT2D eigenvalue weighted by atomic mass is 9.96. The van der Waals surface area contributed by atoms with Gasteiger partial charge in [-0.2, -0.15) is 0 Å². The number of aromatic nitrogens is 2. The molecule has 148 valence electrons. The number of rotatable bonds is 6. The van der Waals surface area contributed by atoms with E-state index in [0.717, 1.165) is 29.3 Å². The van der Waals surface area contributed by atoms with Crippen LogP contribution in [0.25, 0.3) is 11.0 Å². The quantitative estimate of drug-likeness (QED) is 0.336. The summed E-state index contributed by atoms with van der Waals surface area (Å²) >= 11 is 6.08. The van der Waals surface area contributed by atoms with Crippen LogP contribution < -0.4 is 0 Å². The first kappa shape index (κ1) is 19.7. The van der Waals surface area contributed by atoms with E-state index in [1.165, 1.54) is 22.2 Å². The molecule has 0 aliphatic rings. The molecule has 3 aromatic carbocycles. The number of halogens is 1. The fourth-order valence-corrected chi connectivity index (χ4v) is 4.05. The van der Waals surface area contributed by atoms with Gasteiger partial charge in [0, 0.05) is 17.5 Å². The predicted molar refractivity (Wildman–Crippen MR) is 123 cm³/mol. The van der Waals surface area contributed by atoms with Crippen LogP contribution in [0.3, 0.4) is 0 Å². The molecule has 0 spiro atoms. The summed E-state index contributed by atoms with van der Waals surface area (Å²) < 4.78 is 2.34. The van der Waals surface area contributed by atoms with Crippen LogP contribution in [0.1, 0.15) is 49.2 Å². The van der Waals surface area contributed by atoms with Gasteiger partial charge in [0.15, 0.2) is 0 Å². The van der Waals surface area contributed by atoms with Crippen LogP contribution in [0.15, 0.2) is 72.8 Å². The molecule has 4 aromatic rings. The summed E-state index contributed by atoms with van der Waals surface area (Å²) in [6.07, 6.45) is 1.11. The van der Waals surface area contributed by atoms with Crippen molar-refractivity contribution in [2.75, 3.05) is 0 Å². The molecule has 1 atom stereocenters. The van der Waals surface area contributed by atoms with Crippen LogP contribution in [0.4, 0.5) is 0 Å². The van der Waals surface area contributed by atoms with Crippen LogP contribution in [0, 0.1) is 5.92 Å². The Morgan fingerprint density at radius 2 is 1.48 bits per heavy atom. The molecule has 0 fully saturated rings. The van der Waals surface area contributed by atoms with Crippen LogP contribution >= 0.6 is 11.6 Å². The lowest BCUT2D eigenvalue weighted by molar-refractivity contribution is 0.646. The third kappa shape index (κ3) is 4.38. The highest BCUT2D eigenvalue weighted by atomic mass is 35.5. The maximum absolute atomic E-state index is 6.08. The fourth-order valence-electron chi connectivity index (χ4n) is 3.93. The molecular formula is C26H27ClN2. The van der Waals surface area contributed by atoms with Crippen molar-refractivity contribution in [1.82, 2.24) is 9.55 Å². The Hall–Kier alpha value is -2.58. The van der Waals surface area contributed by atoms with Crippen LogP contribution in [-0.2, 0) is 13.0 Å². The lowest BCUT2D eigenvalue weighted by Gasteiger charge is -2.16. The van der Waals surface area contributed by atoms with Crippen LogP contribution in [0.2, 0.25) is 5.02 Å². The predicted octanol–water partition coefficient (Wildman–Crippen LogP) is 7.09. The minimum Gasteiger partial charge on any atom is -0.323 e. The summed E-state index contributed by atoms with van der Waals surface area (Å²) in [5.41, 5.74) is 6.12. The molecule has 0 unspecified atom stereocenters. The number of fused-ring (bicyclic) bond motifs is 1. The summed E-state index contributed by atoms with van der Waals surface area (Å²) in [6.45, 7) is 7.55. The van der Waals surface area contributed by atoms with Gasteiger partial charge >= 0.3 is 0 Å². The zero-order chi connectivity index (χ0) is 20.4. The lowest BCUT2D eigenvalue weighted by Crippen LogP contribution is -2.09. The van der Waals surface area contributed by atoms with E-state index in [2.05, 4.69) is 86.0 Å². The van der Waals surface area contributed by atoms with E-state index in [-0.39, 0.29) is 5.92 Å². The Morgan fingerprint density at radius 1 is 0.828 bits per heavy atom. The molecule has 2 nitrogen and oxygen atoms in total. The zero-order valence-corrected chi connectivity index (χ0v) is 18.0. The zero-order valence-electron chi connectivity index (χ0n) is 17.3. The van der Waals surface area contributed by atoms with E-state index in [9.17, 15) is 0 Å². The van der Waals surface area contributed by atoms with Crippen LogP contribution in [0.5, 0.6) is 0 Å². The molecule has 0 saturated heterocycles. The van der Waals surface area contributed by atoms with Gasteiger partial charge < -0.3 is 4.57 Å². The van der Waals surface area contributed by atoms with Gasteiger partial charge in [-0.1, -0.05) is 80.9 Å². The Labute approximate surface area is 178 Å². The molecule has 1 aromatic heterocycles. The second kappa shape index (κ2) is 8.42. The van der Waals surface area contributed by atoms with Gasteiger partial charge in [-0.25, -0.2) is 4.98 Å². The highest BCUT2D eigenvalue weighted by molar-refractivity contribution is 6.30. The van der Waals surface area contributed by atoms with Gasteiger partial charge in [-0.3, -0.25) is 0 Å². The smallest absolute Gasteiger partial charge is 0.117 e. The van der Waals surface area contributed by atoms with Crippen molar-refractivity contribution >= 4 is 22.6 Å². The number of nitrogens with zero attached hydrogens (tertiary/aromatic N) is 2. The van der Waals surface area contributed by atoms with Gasteiger partial charge in [0.1, 0.15) is 5.82 Å². The second-order valence-electron chi connectivity index (χ2n) is 8.23. The molecule has 0 amide bonds. The monoisotopic (exact) mass is 402 g/mol. The molecular weight excluding hydrogens is 376 g/mol. The van der Waals surface area contributed by atoms with Gasteiger partial charge in [0.25, 0.3) is 0 Å². The number of para-hydroxylation sites is 2. The van der Waals surface area contributed by atoms with Crippen LogP contribution in [-0.4, -0.2) is 9.55 Å². The van der Waals surface area contributed by atoms with Gasteiger partial charge in [0.2, 0.25) is 0 Å². The van der Waals surface area contributed by atoms with E-state index < -0.39 is 0 Å². The summed E-state index contributed by atoms with van der Waals surface area (Å²) in [5, 5.41) is 0.763. The summed E-state index contributed by atoms with van der Waals surface area (Å²) in [4.78, 5) is 5.01. The molecule has 4 rings (SSSR count). The first-order chi connectivity index (χ1) is 14.0. The largest absolute Gasteiger partial charge is 0.323 e. The molecule has 0 aliphatic heterocycles. The van der Waals surface area contributed by atoms with E-state index in [4.69, 9.17) is 16.6 Å². The third-order valence-electron chi connectivity index (χ3n) is 5.45. The van der Waals surface area contributed by atoms with Gasteiger partial charge in [-0.05, 0) is 53.3 Å². The SMILES string of the molecule is CC(C)Cc1ccc([C@@H](C)c2nc3ccccc3n2Cc2ccc(Cl)cc2)cc1. The highest BCUT2D eigenvalue weighted by Crippen LogP contribution is 2.29. The van der Waals surface area contributed by atoms with E-state index >= 15 is 0 Å². The topological polar surface area (TPSA) is 17.8 Å². The minimum absolute atomic E-state index is 0.211. The second-order valence-corrected chi connectivity index (χ2v) is 8.67. The van der Waals surface area contributed by atoms with Crippen molar-refractivity contribution in [3.05, 3.63) is 100 Å². The molecule has 0 bridgehead atoms. The number of benzene rings is 3. The molecule has 3 heteroatoms. The first-order valence-corrected chi connectivity index (χ1v) is 10.7. The fraction of sp³-hybridized carbons (Fsp3) is 0.269. The number of hydrogen-bond acceptors (Lipinski definition) is 1. The van der Waals surface area contributed by atoms with Crippen molar-refractivity contribution in [2.45, 2.75) is 39.7 Å². The maximum Gasteiger partial charge on any atom is 0.117 e. The molecule has 0 saturated carbocycles. The summed E-state index contributed by atoms with van der Waals surface area (Å²) in [7, 11) is 0. The Kier molecular flexibility index (Phi) is 5.73. The Bertz CT molecular complexity index is 1090. The molecule has 1 heterocycles. The molecule has 0 radical (unpaired) electrons. The molecule has 0 N–H and O–H groups in total. The van der Waals surface area contributed by atoms with E-state index in [1.54, 1.807) is 0 Å². The Morgan fingerprint density at radius 3 is 2.17 bits per heavy atom. The molecule has 29 heavy (non-hydrogen) atoms. The van der Waals surface area contributed by atoms with E-state index in [1.807, 2.05) is 12.1 Å². The number of imidazole rings is 1. The average molecular weight is 403 g/mol.